The molecule has 2 rings (SSSR count). The summed E-state index contributed by atoms with van der Waals surface area (Å²) in [6.07, 6.45) is 0.683. The highest BCUT2D eigenvalue weighted by atomic mass is 19.4. The zero-order valence-corrected chi connectivity index (χ0v) is 10.0. The van der Waals surface area contributed by atoms with Crippen LogP contribution >= 0.6 is 0 Å². The summed E-state index contributed by atoms with van der Waals surface area (Å²) in [5.41, 5.74) is 5.84. The number of piperidine rings is 1. The van der Waals surface area contributed by atoms with Crippen molar-refractivity contribution >= 4 is 0 Å². The standard InChI is InChI=1S/C12H21F3N2/c13-12(14,15)9-5-7-17(8-6-9)11-3-1-10(16)2-4-11/h9-11H,1-8,16H2. The SMILES string of the molecule is NC1CCC(N2CCC(C(F)(F)F)CC2)CC1. The first kappa shape index (κ1) is 13.1. The molecule has 1 aliphatic carbocycles. The zero-order chi connectivity index (χ0) is 12.5. The van der Waals surface area contributed by atoms with Crippen LogP contribution in [0.2, 0.25) is 0 Å². The lowest BCUT2D eigenvalue weighted by Gasteiger charge is -2.40. The summed E-state index contributed by atoms with van der Waals surface area (Å²) >= 11 is 0. The molecule has 2 nitrogen and oxygen atoms in total. The van der Waals surface area contributed by atoms with E-state index in [2.05, 4.69) is 4.90 Å². The fourth-order valence-corrected chi connectivity index (χ4v) is 3.06. The molecule has 2 fully saturated rings. The van der Waals surface area contributed by atoms with Crippen LogP contribution in [0.15, 0.2) is 0 Å². The van der Waals surface area contributed by atoms with Crippen LogP contribution in [-0.2, 0) is 0 Å². The maximum absolute atomic E-state index is 12.5. The fourth-order valence-electron chi connectivity index (χ4n) is 3.06. The first-order valence-electron chi connectivity index (χ1n) is 6.53. The second-order valence-electron chi connectivity index (χ2n) is 5.42. The third-order valence-electron chi connectivity index (χ3n) is 4.25. The van der Waals surface area contributed by atoms with E-state index >= 15 is 0 Å². The summed E-state index contributed by atoms with van der Waals surface area (Å²) in [6.45, 7) is 1.20. The second-order valence-corrected chi connectivity index (χ2v) is 5.42. The largest absolute Gasteiger partial charge is 0.391 e. The van der Waals surface area contributed by atoms with Gasteiger partial charge in [0.15, 0.2) is 0 Å². The molecular formula is C12H21F3N2. The molecule has 0 aromatic heterocycles. The summed E-state index contributed by atoms with van der Waals surface area (Å²) in [5, 5.41) is 0. The minimum Gasteiger partial charge on any atom is -0.328 e. The minimum atomic E-state index is -4.00. The number of nitrogens with two attached hydrogens (primary N) is 1. The maximum Gasteiger partial charge on any atom is 0.391 e. The molecule has 17 heavy (non-hydrogen) atoms. The second kappa shape index (κ2) is 5.14. The lowest BCUT2D eigenvalue weighted by Crippen LogP contribution is -2.46. The fraction of sp³-hybridized carbons (Fsp3) is 1.00. The number of hydrogen-bond donors (Lipinski definition) is 1. The van der Waals surface area contributed by atoms with Crippen molar-refractivity contribution in [2.24, 2.45) is 11.7 Å². The average molecular weight is 250 g/mol. The molecule has 1 aliphatic heterocycles. The highest BCUT2D eigenvalue weighted by Crippen LogP contribution is 2.35. The molecule has 1 saturated heterocycles. The molecule has 0 atom stereocenters. The van der Waals surface area contributed by atoms with Gasteiger partial charge >= 0.3 is 6.18 Å². The van der Waals surface area contributed by atoms with E-state index in [1.165, 1.54) is 0 Å². The predicted octanol–water partition coefficient (Wildman–Crippen LogP) is 2.53. The van der Waals surface area contributed by atoms with Crippen molar-refractivity contribution < 1.29 is 13.2 Å². The van der Waals surface area contributed by atoms with Crippen molar-refractivity contribution in [3.8, 4) is 0 Å². The normalized spacial score (nSPS) is 33.9. The summed E-state index contributed by atoms with van der Waals surface area (Å²) in [6, 6.07) is 0.781. The van der Waals surface area contributed by atoms with Gasteiger partial charge in [-0.15, -0.1) is 0 Å². The highest BCUT2D eigenvalue weighted by molar-refractivity contribution is 4.85. The monoisotopic (exact) mass is 250 g/mol. The third kappa shape index (κ3) is 3.35. The lowest BCUT2D eigenvalue weighted by molar-refractivity contribution is -0.186. The van der Waals surface area contributed by atoms with Crippen LogP contribution in [0.1, 0.15) is 38.5 Å². The molecule has 1 heterocycles. The Morgan fingerprint density at radius 1 is 0.882 bits per heavy atom. The molecule has 2 aliphatic rings. The van der Waals surface area contributed by atoms with Gasteiger partial charge in [-0.25, -0.2) is 0 Å². The summed E-state index contributed by atoms with van der Waals surface area (Å²) in [5.74, 6) is -1.08. The summed E-state index contributed by atoms with van der Waals surface area (Å²) < 4.78 is 37.6. The van der Waals surface area contributed by atoms with E-state index in [-0.39, 0.29) is 12.8 Å². The van der Waals surface area contributed by atoms with E-state index in [9.17, 15) is 13.2 Å². The Morgan fingerprint density at radius 3 is 1.88 bits per heavy atom. The van der Waals surface area contributed by atoms with Crippen molar-refractivity contribution in [1.29, 1.82) is 0 Å². The van der Waals surface area contributed by atoms with Crippen LogP contribution in [0.3, 0.4) is 0 Å². The van der Waals surface area contributed by atoms with Gasteiger partial charge in [0.1, 0.15) is 0 Å². The van der Waals surface area contributed by atoms with E-state index in [0.717, 1.165) is 25.7 Å². The van der Waals surface area contributed by atoms with Gasteiger partial charge < -0.3 is 10.6 Å². The van der Waals surface area contributed by atoms with Gasteiger partial charge in [-0.2, -0.15) is 13.2 Å². The molecular weight excluding hydrogens is 229 g/mol. The topological polar surface area (TPSA) is 29.3 Å². The predicted molar refractivity (Wildman–Crippen MR) is 60.6 cm³/mol. The minimum absolute atomic E-state index is 0.270. The van der Waals surface area contributed by atoms with Crippen LogP contribution < -0.4 is 5.73 Å². The number of nitrogens with zero attached hydrogens (tertiary/aromatic N) is 1. The smallest absolute Gasteiger partial charge is 0.328 e. The Labute approximate surface area is 100 Å². The molecule has 1 saturated carbocycles. The Kier molecular flexibility index (Phi) is 3.98. The van der Waals surface area contributed by atoms with Crippen LogP contribution in [0, 0.1) is 5.92 Å². The molecule has 0 aromatic rings. The van der Waals surface area contributed by atoms with Crippen molar-refractivity contribution in [3.05, 3.63) is 0 Å². The maximum atomic E-state index is 12.5. The van der Waals surface area contributed by atoms with Gasteiger partial charge in [0.05, 0.1) is 5.92 Å². The van der Waals surface area contributed by atoms with Gasteiger partial charge in [0, 0.05) is 12.1 Å². The van der Waals surface area contributed by atoms with E-state index < -0.39 is 12.1 Å². The number of alkyl halides is 3. The first-order valence-corrected chi connectivity index (χ1v) is 6.53. The van der Waals surface area contributed by atoms with Gasteiger partial charge in [-0.1, -0.05) is 0 Å². The Hall–Kier alpha value is -0.290. The van der Waals surface area contributed by atoms with Crippen LogP contribution in [-0.4, -0.2) is 36.2 Å². The van der Waals surface area contributed by atoms with Crippen LogP contribution in [0.4, 0.5) is 13.2 Å². The summed E-state index contributed by atoms with van der Waals surface area (Å²) in [7, 11) is 0. The molecule has 5 heteroatoms. The molecule has 0 aromatic carbocycles. The van der Waals surface area contributed by atoms with E-state index in [0.29, 0.717) is 25.2 Å². The van der Waals surface area contributed by atoms with Crippen molar-refractivity contribution in [2.45, 2.75) is 56.8 Å². The quantitative estimate of drug-likeness (QED) is 0.775. The van der Waals surface area contributed by atoms with Gasteiger partial charge in [-0.3, -0.25) is 0 Å². The van der Waals surface area contributed by atoms with Gasteiger partial charge in [-0.05, 0) is 51.6 Å². The van der Waals surface area contributed by atoms with Gasteiger partial charge in [0.25, 0.3) is 0 Å². The highest BCUT2D eigenvalue weighted by Gasteiger charge is 2.42. The number of hydrogen-bond acceptors (Lipinski definition) is 2. The van der Waals surface area contributed by atoms with E-state index in [1.807, 2.05) is 0 Å². The van der Waals surface area contributed by atoms with Crippen LogP contribution in [0.5, 0.6) is 0 Å². The third-order valence-corrected chi connectivity index (χ3v) is 4.25. The Balaban J connectivity index is 1.79. The molecule has 2 N–H and O–H groups in total. The van der Waals surface area contributed by atoms with Gasteiger partial charge in [0.2, 0.25) is 0 Å². The molecule has 100 valence electrons. The molecule has 0 amide bonds. The van der Waals surface area contributed by atoms with Crippen molar-refractivity contribution in [2.75, 3.05) is 13.1 Å². The summed E-state index contributed by atoms with van der Waals surface area (Å²) in [4.78, 5) is 2.24. The Morgan fingerprint density at radius 2 is 1.41 bits per heavy atom. The first-order chi connectivity index (χ1) is 7.97. The van der Waals surface area contributed by atoms with Crippen molar-refractivity contribution in [3.63, 3.8) is 0 Å². The van der Waals surface area contributed by atoms with E-state index in [4.69, 9.17) is 5.73 Å². The molecule has 0 bridgehead atoms. The number of likely N-dealkylation sites (tertiary alicyclic amines) is 1. The number of halogens is 3. The van der Waals surface area contributed by atoms with E-state index in [1.54, 1.807) is 0 Å². The molecule has 0 unspecified atom stereocenters. The molecule has 0 radical (unpaired) electrons. The molecule has 0 spiro atoms. The van der Waals surface area contributed by atoms with Crippen LogP contribution in [0.25, 0.3) is 0 Å². The Bertz CT molecular complexity index is 239. The lowest BCUT2D eigenvalue weighted by atomic mass is 9.88. The number of rotatable bonds is 1. The van der Waals surface area contributed by atoms with Crippen molar-refractivity contribution in [1.82, 2.24) is 4.90 Å². The zero-order valence-electron chi connectivity index (χ0n) is 10.0. The average Bonchev–Trinajstić information content (AvgIpc) is 2.29.